The number of hydrogen-bond donors (Lipinski definition) is 0. The predicted octanol–water partition coefficient (Wildman–Crippen LogP) is 18.9. The topological polar surface area (TPSA) is 0 Å². The van der Waals surface area contributed by atoms with E-state index in [1.165, 1.54) is 160 Å². The van der Waals surface area contributed by atoms with Gasteiger partial charge in [0.1, 0.15) is 0 Å². The van der Waals surface area contributed by atoms with Crippen LogP contribution in [0.15, 0.2) is 78.9 Å². The molecule has 0 atom stereocenters. The van der Waals surface area contributed by atoms with E-state index in [0.717, 1.165) is 0 Å². The van der Waals surface area contributed by atoms with Gasteiger partial charge < -0.3 is 0 Å². The molecule has 0 N–H and O–H groups in total. The van der Waals surface area contributed by atoms with E-state index < -0.39 is 0 Å². The van der Waals surface area contributed by atoms with E-state index in [-0.39, 0.29) is 0 Å². The first-order valence-electron chi connectivity index (χ1n) is 23.6. The van der Waals surface area contributed by atoms with Crippen molar-refractivity contribution >= 4 is 32.3 Å². The second-order valence-electron chi connectivity index (χ2n) is 20.6. The van der Waals surface area contributed by atoms with Crippen LogP contribution in [0.2, 0.25) is 0 Å². The monoisotopic (exact) mass is 827 g/mol. The summed E-state index contributed by atoms with van der Waals surface area (Å²) >= 11 is 0. The summed E-state index contributed by atoms with van der Waals surface area (Å²) in [5, 5.41) is 8.11. The van der Waals surface area contributed by atoms with Crippen LogP contribution in [-0.4, -0.2) is 0 Å². The van der Waals surface area contributed by atoms with Gasteiger partial charge in [0.05, 0.1) is 0 Å². The number of hydrogen-bond acceptors (Lipinski definition) is 0. The summed E-state index contributed by atoms with van der Waals surface area (Å²) < 4.78 is 0. The summed E-state index contributed by atoms with van der Waals surface area (Å²) in [6, 6.07) is 32.1. The highest BCUT2D eigenvalue weighted by Crippen LogP contribution is 2.57. The first-order chi connectivity index (χ1) is 29.7. The van der Waals surface area contributed by atoms with Gasteiger partial charge in [0.15, 0.2) is 0 Å². The normalized spacial score (nSPS) is 12.1. The van der Waals surface area contributed by atoms with Crippen LogP contribution in [-0.2, 0) is 0 Å². The highest BCUT2D eigenvalue weighted by Gasteiger charge is 2.31. The van der Waals surface area contributed by atoms with Gasteiger partial charge in [0, 0.05) is 0 Å². The Morgan fingerprint density at radius 1 is 0.254 bits per heavy atom. The van der Waals surface area contributed by atoms with Crippen molar-refractivity contribution in [3.8, 4) is 44.5 Å². The zero-order chi connectivity index (χ0) is 45.7. The van der Waals surface area contributed by atoms with Crippen molar-refractivity contribution in [2.75, 3.05) is 0 Å². The molecular weight excluding hydrogens is 757 g/mol. The maximum Gasteiger partial charge on any atom is -0.0000977 e. The van der Waals surface area contributed by atoms with Crippen molar-refractivity contribution in [1.82, 2.24) is 0 Å². The Morgan fingerprint density at radius 2 is 0.508 bits per heavy atom. The SMILES string of the molecule is Cc1cc(C)c(-c2c3ccc(C(C)C)cc3c(-c3c(C)cc(C)cc3C)c3c(-c4c(C)cc(C)cc4C)c4cc(C(C)C)c(C(C)C)cc4c(-c4c(C)cc(C)cc4C)c23)c(C)c1. The van der Waals surface area contributed by atoms with Gasteiger partial charge in [0.25, 0.3) is 0 Å². The van der Waals surface area contributed by atoms with Gasteiger partial charge in [-0.15, -0.1) is 0 Å². The standard InChI is InChI=1S/C63H70/c1-32(2)47-19-20-48-51(29-47)59(55-41(13)23-36(8)24-42(55)14)63-61(57-45(17)27-38(10)28-46(57)18)53-31-50(34(5)6)49(33(3)4)30-52(53)60(56-43(15)25-37(9)26-44(56)16)62(63)58(48)54-39(11)21-35(7)22-40(54)12/h19-34H,1-18H3. The van der Waals surface area contributed by atoms with Crippen molar-refractivity contribution in [1.29, 1.82) is 0 Å². The molecule has 0 heterocycles. The third kappa shape index (κ3) is 7.32. The van der Waals surface area contributed by atoms with Crippen molar-refractivity contribution < 1.29 is 0 Å². The molecule has 0 fully saturated rings. The molecule has 0 amide bonds. The van der Waals surface area contributed by atoms with Gasteiger partial charge in [-0.1, -0.05) is 131 Å². The Labute approximate surface area is 379 Å². The lowest BCUT2D eigenvalue weighted by Crippen LogP contribution is -2.05. The Balaban J connectivity index is 1.92. The second kappa shape index (κ2) is 16.3. The van der Waals surface area contributed by atoms with Crippen LogP contribution in [0.3, 0.4) is 0 Å². The maximum absolute atomic E-state index is 2.64. The van der Waals surface area contributed by atoms with Gasteiger partial charge in [0.2, 0.25) is 0 Å². The Bertz CT molecular complexity index is 3100. The van der Waals surface area contributed by atoms with E-state index in [2.05, 4.69) is 203 Å². The minimum atomic E-state index is 0.363. The van der Waals surface area contributed by atoms with Gasteiger partial charge in [-0.3, -0.25) is 0 Å². The van der Waals surface area contributed by atoms with Crippen LogP contribution in [0.5, 0.6) is 0 Å². The average Bonchev–Trinajstić information content (AvgIpc) is 3.16. The Kier molecular flexibility index (Phi) is 11.4. The predicted molar refractivity (Wildman–Crippen MR) is 280 cm³/mol. The molecule has 0 unspecified atom stereocenters. The van der Waals surface area contributed by atoms with Crippen LogP contribution in [0.1, 0.15) is 143 Å². The lowest BCUT2D eigenvalue weighted by Gasteiger charge is -2.30. The van der Waals surface area contributed by atoms with Crippen LogP contribution in [0, 0.1) is 83.1 Å². The van der Waals surface area contributed by atoms with Crippen molar-refractivity contribution in [3.63, 3.8) is 0 Å². The number of fused-ring (bicyclic) bond motifs is 3. The molecule has 0 aliphatic rings. The maximum atomic E-state index is 2.64. The first-order valence-corrected chi connectivity index (χ1v) is 23.6. The third-order valence-corrected chi connectivity index (χ3v) is 14.2. The molecule has 0 aliphatic carbocycles. The Hall–Kier alpha value is -5.46. The van der Waals surface area contributed by atoms with E-state index in [4.69, 9.17) is 0 Å². The first kappa shape index (κ1) is 44.2. The van der Waals surface area contributed by atoms with E-state index in [1.807, 2.05) is 0 Å². The van der Waals surface area contributed by atoms with Gasteiger partial charge in [-0.05, 0) is 251 Å². The average molecular weight is 827 g/mol. The molecule has 0 nitrogen and oxygen atoms in total. The number of benzene rings is 8. The van der Waals surface area contributed by atoms with E-state index in [0.29, 0.717) is 17.8 Å². The minimum absolute atomic E-state index is 0.363. The highest BCUT2D eigenvalue weighted by atomic mass is 14.3. The van der Waals surface area contributed by atoms with Crippen LogP contribution < -0.4 is 0 Å². The molecule has 0 saturated carbocycles. The number of aryl methyl sites for hydroxylation is 12. The van der Waals surface area contributed by atoms with E-state index in [9.17, 15) is 0 Å². The largest absolute Gasteiger partial charge is 0.0587 e. The zero-order valence-corrected chi connectivity index (χ0v) is 41.7. The summed E-state index contributed by atoms with van der Waals surface area (Å²) in [7, 11) is 0. The highest BCUT2D eigenvalue weighted by molar-refractivity contribution is 6.35. The molecule has 8 rings (SSSR count). The van der Waals surface area contributed by atoms with Crippen molar-refractivity contribution in [2.24, 2.45) is 0 Å². The smallest absolute Gasteiger partial charge is 0.0000977 e. The molecule has 8 aromatic rings. The summed E-state index contributed by atoms with van der Waals surface area (Å²) in [6.07, 6.45) is 0. The molecule has 0 aromatic heterocycles. The van der Waals surface area contributed by atoms with Gasteiger partial charge in [-0.25, -0.2) is 0 Å². The molecule has 0 heteroatoms. The fourth-order valence-corrected chi connectivity index (χ4v) is 12.0. The zero-order valence-electron chi connectivity index (χ0n) is 41.7. The molecule has 322 valence electrons. The molecule has 0 radical (unpaired) electrons. The summed E-state index contributed by atoms with van der Waals surface area (Å²) in [4.78, 5) is 0. The van der Waals surface area contributed by atoms with Crippen molar-refractivity contribution in [2.45, 2.75) is 142 Å². The van der Waals surface area contributed by atoms with E-state index >= 15 is 0 Å². The quantitative estimate of drug-likeness (QED) is 0.140. The van der Waals surface area contributed by atoms with E-state index in [1.54, 1.807) is 0 Å². The summed E-state index contributed by atoms with van der Waals surface area (Å²) in [5.74, 6) is 1.10. The number of rotatable bonds is 7. The fourth-order valence-electron chi connectivity index (χ4n) is 12.0. The lowest BCUT2D eigenvalue weighted by molar-refractivity contribution is 0.793. The molecule has 0 bridgehead atoms. The summed E-state index contributed by atoms with van der Waals surface area (Å²) in [6.45, 7) is 42.1. The minimum Gasteiger partial charge on any atom is -0.0587 e. The van der Waals surface area contributed by atoms with Crippen LogP contribution in [0.4, 0.5) is 0 Å². The molecule has 0 aliphatic heterocycles. The third-order valence-electron chi connectivity index (χ3n) is 14.2. The fraction of sp³-hybridized carbons (Fsp3) is 0.333. The van der Waals surface area contributed by atoms with Crippen LogP contribution >= 0.6 is 0 Å². The molecule has 8 aromatic carbocycles. The van der Waals surface area contributed by atoms with Gasteiger partial charge in [-0.2, -0.15) is 0 Å². The molecular formula is C63H70. The second-order valence-corrected chi connectivity index (χ2v) is 20.6. The summed E-state index contributed by atoms with van der Waals surface area (Å²) in [5.41, 5.74) is 31.0. The van der Waals surface area contributed by atoms with Gasteiger partial charge >= 0.3 is 0 Å². The lowest BCUT2D eigenvalue weighted by atomic mass is 9.72. The van der Waals surface area contributed by atoms with Crippen LogP contribution in [0.25, 0.3) is 76.8 Å². The molecule has 0 spiro atoms. The Morgan fingerprint density at radius 3 is 0.762 bits per heavy atom. The van der Waals surface area contributed by atoms with Crippen molar-refractivity contribution in [3.05, 3.63) is 162 Å². The molecule has 63 heavy (non-hydrogen) atoms. The molecule has 0 saturated heterocycles.